The Labute approximate surface area is 110 Å². The highest BCUT2D eigenvalue weighted by atomic mass is 35.5. The lowest BCUT2D eigenvalue weighted by molar-refractivity contribution is -0.140. The minimum Gasteiger partial charge on any atom is -0.324 e. The third-order valence-corrected chi connectivity index (χ3v) is 2.18. The van der Waals surface area contributed by atoms with Crippen LogP contribution in [0.15, 0.2) is 18.2 Å². The van der Waals surface area contributed by atoms with Crippen molar-refractivity contribution in [3.63, 3.8) is 0 Å². The Morgan fingerprint density at radius 3 is 2.00 bits per heavy atom. The van der Waals surface area contributed by atoms with Crippen molar-refractivity contribution < 1.29 is 30.7 Å². The molecule has 0 aliphatic rings. The van der Waals surface area contributed by atoms with Crippen LogP contribution in [0.4, 0.5) is 30.7 Å². The van der Waals surface area contributed by atoms with Crippen LogP contribution in [-0.2, 0) is 6.18 Å². The molecule has 0 unspecified atom stereocenters. The van der Waals surface area contributed by atoms with Gasteiger partial charge >= 0.3 is 12.4 Å². The summed E-state index contributed by atoms with van der Waals surface area (Å²) >= 11 is 0. The van der Waals surface area contributed by atoms with Gasteiger partial charge in [-0.1, -0.05) is 6.07 Å². The van der Waals surface area contributed by atoms with Crippen molar-refractivity contribution in [2.45, 2.75) is 24.8 Å². The van der Waals surface area contributed by atoms with Gasteiger partial charge in [0.1, 0.15) is 5.82 Å². The molecule has 0 aromatic heterocycles. The number of halogens is 8. The smallest absolute Gasteiger partial charge is 0.324 e. The second kappa shape index (κ2) is 5.96. The van der Waals surface area contributed by atoms with E-state index in [4.69, 9.17) is 5.73 Å². The fourth-order valence-electron chi connectivity index (χ4n) is 1.36. The van der Waals surface area contributed by atoms with Crippen molar-refractivity contribution in [1.29, 1.82) is 0 Å². The number of alkyl halides is 6. The van der Waals surface area contributed by atoms with E-state index in [1.807, 2.05) is 0 Å². The maximum atomic E-state index is 12.9. The molecule has 1 aromatic carbocycles. The first-order chi connectivity index (χ1) is 8.00. The summed E-state index contributed by atoms with van der Waals surface area (Å²) in [5.74, 6) is -1.55. The van der Waals surface area contributed by atoms with Gasteiger partial charge in [0.15, 0.2) is 0 Å². The molecular formula is C10H9ClF7N. The number of rotatable bonds is 2. The van der Waals surface area contributed by atoms with Crippen LogP contribution in [0.2, 0.25) is 0 Å². The average Bonchev–Trinajstić information content (AvgIpc) is 2.13. The lowest BCUT2D eigenvalue weighted by atomic mass is 10.0. The van der Waals surface area contributed by atoms with Crippen molar-refractivity contribution in [1.82, 2.24) is 0 Å². The quantitative estimate of drug-likeness (QED) is 0.813. The first kappa shape index (κ1) is 18.0. The number of nitrogens with two attached hydrogens (primary N) is 1. The molecule has 0 saturated carbocycles. The summed E-state index contributed by atoms with van der Waals surface area (Å²) < 4.78 is 86.0. The standard InChI is InChI=1S/C10H8F7N.ClH/c11-7-2-1-5(3-6(7)10(15,16)17)8(18)4-9(12,13)14;/h1-3,8H,4,18H2;1H/t8-;/m0./s1. The Bertz CT molecular complexity index is 427. The summed E-state index contributed by atoms with van der Waals surface area (Å²) in [6.45, 7) is 0. The maximum Gasteiger partial charge on any atom is 0.419 e. The van der Waals surface area contributed by atoms with Crippen molar-refractivity contribution >= 4 is 12.4 Å². The zero-order valence-corrected chi connectivity index (χ0v) is 9.96. The van der Waals surface area contributed by atoms with Crippen LogP contribution in [0.1, 0.15) is 23.6 Å². The van der Waals surface area contributed by atoms with Crippen molar-refractivity contribution in [2.24, 2.45) is 5.73 Å². The highest BCUT2D eigenvalue weighted by molar-refractivity contribution is 5.85. The molecule has 0 amide bonds. The summed E-state index contributed by atoms with van der Waals surface area (Å²) in [6.07, 6.45) is -11.1. The Hall–Kier alpha value is -1.02. The van der Waals surface area contributed by atoms with Gasteiger partial charge in [-0.2, -0.15) is 26.3 Å². The minimum atomic E-state index is -4.97. The van der Waals surface area contributed by atoms with E-state index in [0.717, 1.165) is 6.07 Å². The number of benzene rings is 1. The fraction of sp³-hybridized carbons (Fsp3) is 0.400. The van der Waals surface area contributed by atoms with Crippen LogP contribution < -0.4 is 5.73 Å². The highest BCUT2D eigenvalue weighted by Crippen LogP contribution is 2.34. The average molecular weight is 312 g/mol. The molecule has 0 heterocycles. The second-order valence-electron chi connectivity index (χ2n) is 3.66. The molecule has 9 heteroatoms. The van der Waals surface area contributed by atoms with E-state index in [-0.39, 0.29) is 12.4 Å². The lowest BCUT2D eigenvalue weighted by Crippen LogP contribution is -2.21. The molecule has 0 fully saturated rings. The topological polar surface area (TPSA) is 26.0 Å². The van der Waals surface area contributed by atoms with Crippen molar-refractivity contribution in [2.75, 3.05) is 0 Å². The summed E-state index contributed by atoms with van der Waals surface area (Å²) in [5, 5.41) is 0. The molecule has 0 radical (unpaired) electrons. The van der Waals surface area contributed by atoms with E-state index >= 15 is 0 Å². The number of hydrogen-bond acceptors (Lipinski definition) is 1. The maximum absolute atomic E-state index is 12.9. The van der Waals surface area contributed by atoms with E-state index in [1.165, 1.54) is 0 Å². The molecule has 0 spiro atoms. The summed E-state index contributed by atoms with van der Waals surface area (Å²) in [4.78, 5) is 0. The Balaban J connectivity index is 0.00000324. The Morgan fingerprint density at radius 1 is 1.05 bits per heavy atom. The third-order valence-electron chi connectivity index (χ3n) is 2.18. The Morgan fingerprint density at radius 2 is 1.58 bits per heavy atom. The summed E-state index contributed by atoms with van der Waals surface area (Å²) in [6, 6.07) is -0.104. The van der Waals surface area contributed by atoms with Gasteiger partial charge in [-0.05, 0) is 17.7 Å². The van der Waals surface area contributed by atoms with Gasteiger partial charge in [-0.15, -0.1) is 12.4 Å². The van der Waals surface area contributed by atoms with E-state index in [0.29, 0.717) is 12.1 Å². The number of hydrogen-bond donors (Lipinski definition) is 1. The van der Waals surface area contributed by atoms with Crippen LogP contribution >= 0.6 is 12.4 Å². The first-order valence-electron chi connectivity index (χ1n) is 4.69. The molecule has 1 aromatic rings. The van der Waals surface area contributed by atoms with E-state index < -0.39 is 41.8 Å². The van der Waals surface area contributed by atoms with Crippen LogP contribution in [0, 0.1) is 5.82 Å². The predicted octanol–water partition coefficient (Wildman–Crippen LogP) is 4.22. The zero-order chi connectivity index (χ0) is 14.1. The molecule has 1 atom stereocenters. The molecular weight excluding hydrogens is 303 g/mol. The molecule has 1 rings (SSSR count). The second-order valence-corrected chi connectivity index (χ2v) is 3.66. The minimum absolute atomic E-state index is 0. The fourth-order valence-corrected chi connectivity index (χ4v) is 1.36. The summed E-state index contributed by atoms with van der Waals surface area (Å²) in [7, 11) is 0. The molecule has 110 valence electrons. The van der Waals surface area contributed by atoms with Crippen molar-refractivity contribution in [3.05, 3.63) is 35.1 Å². The molecule has 0 aliphatic carbocycles. The Kier molecular flexibility index (Phi) is 5.64. The monoisotopic (exact) mass is 311 g/mol. The molecule has 1 nitrogen and oxygen atoms in total. The molecule has 0 saturated heterocycles. The van der Waals surface area contributed by atoms with E-state index in [1.54, 1.807) is 0 Å². The van der Waals surface area contributed by atoms with E-state index in [9.17, 15) is 30.7 Å². The largest absolute Gasteiger partial charge is 0.419 e. The van der Waals surface area contributed by atoms with Gasteiger partial charge in [-0.25, -0.2) is 4.39 Å². The van der Waals surface area contributed by atoms with Gasteiger partial charge in [0.25, 0.3) is 0 Å². The van der Waals surface area contributed by atoms with Crippen LogP contribution in [0.25, 0.3) is 0 Å². The van der Waals surface area contributed by atoms with Crippen LogP contribution in [0.3, 0.4) is 0 Å². The third kappa shape index (κ3) is 5.23. The lowest BCUT2D eigenvalue weighted by Gasteiger charge is -2.16. The predicted molar refractivity (Wildman–Crippen MR) is 56.3 cm³/mol. The van der Waals surface area contributed by atoms with Gasteiger partial charge in [0.05, 0.1) is 12.0 Å². The van der Waals surface area contributed by atoms with E-state index in [2.05, 4.69) is 0 Å². The highest BCUT2D eigenvalue weighted by Gasteiger charge is 2.36. The zero-order valence-electron chi connectivity index (χ0n) is 9.15. The summed E-state index contributed by atoms with van der Waals surface area (Å²) in [5.41, 5.74) is 3.09. The first-order valence-corrected chi connectivity index (χ1v) is 4.69. The molecule has 0 bridgehead atoms. The van der Waals surface area contributed by atoms with Gasteiger partial charge in [0.2, 0.25) is 0 Å². The van der Waals surface area contributed by atoms with Crippen LogP contribution in [0.5, 0.6) is 0 Å². The van der Waals surface area contributed by atoms with Gasteiger partial charge in [0, 0.05) is 6.04 Å². The van der Waals surface area contributed by atoms with Crippen molar-refractivity contribution in [3.8, 4) is 0 Å². The van der Waals surface area contributed by atoms with Gasteiger partial charge < -0.3 is 5.73 Å². The normalized spacial score (nSPS) is 13.9. The molecule has 19 heavy (non-hydrogen) atoms. The molecule has 2 N–H and O–H groups in total. The van der Waals surface area contributed by atoms with Gasteiger partial charge in [-0.3, -0.25) is 0 Å². The SMILES string of the molecule is Cl.N[C@@H](CC(F)(F)F)c1ccc(F)c(C(F)(F)F)c1. The van der Waals surface area contributed by atoms with Crippen LogP contribution in [-0.4, -0.2) is 6.18 Å². The molecule has 0 aliphatic heterocycles.